The largest absolute Gasteiger partial charge is 0.458 e. The molecule has 1 fully saturated rings. The van der Waals surface area contributed by atoms with Gasteiger partial charge >= 0.3 is 11.9 Å². The first-order valence-corrected chi connectivity index (χ1v) is 11.1. The van der Waals surface area contributed by atoms with Crippen LogP contribution in [0.15, 0.2) is 34.9 Å². The van der Waals surface area contributed by atoms with Gasteiger partial charge in [-0.15, -0.1) is 0 Å². The summed E-state index contributed by atoms with van der Waals surface area (Å²) in [5, 5.41) is 23.0. The van der Waals surface area contributed by atoms with Crippen molar-refractivity contribution in [2.24, 2.45) is 17.3 Å². The molecule has 0 bridgehead atoms. The van der Waals surface area contributed by atoms with Gasteiger partial charge < -0.3 is 19.7 Å². The monoisotopic (exact) mass is 434 g/mol. The number of esters is 2. The van der Waals surface area contributed by atoms with E-state index in [9.17, 15) is 19.8 Å². The van der Waals surface area contributed by atoms with Crippen molar-refractivity contribution < 1.29 is 29.3 Å². The number of carbonyl (C=O) groups excluding carboxylic acids is 2. The van der Waals surface area contributed by atoms with Crippen LogP contribution in [0.5, 0.6) is 0 Å². The number of carbonyl (C=O) groups is 2. The molecule has 0 saturated heterocycles. The Morgan fingerprint density at radius 3 is 2.13 bits per heavy atom. The molecule has 174 valence electrons. The average molecular weight is 435 g/mol. The average Bonchev–Trinajstić information content (AvgIpc) is 2.85. The number of allylic oxidation sites excluding steroid dienone is 2. The fourth-order valence-electron chi connectivity index (χ4n) is 4.97. The van der Waals surface area contributed by atoms with Gasteiger partial charge in [0.15, 0.2) is 0 Å². The van der Waals surface area contributed by atoms with Crippen molar-refractivity contribution in [3.63, 3.8) is 0 Å². The molecule has 0 aromatic carbocycles. The topological polar surface area (TPSA) is 93.1 Å². The van der Waals surface area contributed by atoms with Crippen molar-refractivity contribution in [3.8, 4) is 0 Å². The predicted molar refractivity (Wildman–Crippen MR) is 119 cm³/mol. The number of fused-ring (bicyclic) bond motifs is 1. The summed E-state index contributed by atoms with van der Waals surface area (Å²) in [6.45, 7) is 14.4. The van der Waals surface area contributed by atoms with Crippen LogP contribution in [0.4, 0.5) is 0 Å². The van der Waals surface area contributed by atoms with Gasteiger partial charge in [0.1, 0.15) is 12.2 Å². The zero-order chi connectivity index (χ0) is 23.7. The van der Waals surface area contributed by atoms with Gasteiger partial charge in [-0.25, -0.2) is 9.59 Å². The lowest BCUT2D eigenvalue weighted by Crippen LogP contribution is -2.54. The minimum Gasteiger partial charge on any atom is -0.458 e. The Morgan fingerprint density at radius 1 is 1.13 bits per heavy atom. The second-order valence-corrected chi connectivity index (χ2v) is 9.64. The van der Waals surface area contributed by atoms with Crippen LogP contribution in [0.2, 0.25) is 0 Å². The van der Waals surface area contributed by atoms with E-state index in [0.29, 0.717) is 17.6 Å². The molecule has 0 heterocycles. The van der Waals surface area contributed by atoms with Crippen molar-refractivity contribution in [1.29, 1.82) is 0 Å². The van der Waals surface area contributed by atoms with Gasteiger partial charge in [-0.2, -0.15) is 0 Å². The Bertz CT molecular complexity index is 807. The lowest BCUT2D eigenvalue weighted by Gasteiger charge is -2.45. The molecule has 0 unspecified atom stereocenters. The summed E-state index contributed by atoms with van der Waals surface area (Å²) < 4.78 is 11.8. The molecule has 6 atom stereocenters. The summed E-state index contributed by atoms with van der Waals surface area (Å²) in [7, 11) is 0. The molecule has 1 saturated carbocycles. The second kappa shape index (κ2) is 9.29. The first kappa shape index (κ1) is 25.3. The lowest BCUT2D eigenvalue weighted by atomic mass is 9.66. The Balaban J connectivity index is 2.61. The van der Waals surface area contributed by atoms with Crippen LogP contribution in [0.25, 0.3) is 0 Å². The zero-order valence-corrected chi connectivity index (χ0v) is 20.1. The molecule has 31 heavy (non-hydrogen) atoms. The zero-order valence-electron chi connectivity index (χ0n) is 20.1. The molecule has 6 heteroatoms. The summed E-state index contributed by atoms with van der Waals surface area (Å²) in [4.78, 5) is 25.3. The number of rotatable bonds is 5. The highest BCUT2D eigenvalue weighted by Crippen LogP contribution is 2.58. The van der Waals surface area contributed by atoms with E-state index >= 15 is 0 Å². The van der Waals surface area contributed by atoms with Crippen LogP contribution >= 0.6 is 0 Å². The fourth-order valence-corrected chi connectivity index (χ4v) is 4.97. The molecule has 0 aromatic rings. The number of aliphatic hydroxyl groups is 2. The molecule has 0 radical (unpaired) electrons. The van der Waals surface area contributed by atoms with E-state index in [1.807, 2.05) is 33.8 Å². The molecule has 2 rings (SSSR count). The summed E-state index contributed by atoms with van der Waals surface area (Å²) in [6, 6.07) is 0. The Labute approximate surface area is 186 Å². The van der Waals surface area contributed by atoms with Gasteiger partial charge in [-0.05, 0) is 46.6 Å². The SMILES string of the molecule is C/C=C(/C)C(=O)O[C@H]1CC(C)=C[C@@H](OC(=O)/C(C)=C\C)[C@@]2(C)[C@H](O)C[C@@](O)(C(C)C)[C@H]12. The molecule has 0 spiro atoms. The van der Waals surface area contributed by atoms with Crippen molar-refractivity contribution in [2.75, 3.05) is 0 Å². The Kier molecular flexibility index (Phi) is 7.59. The van der Waals surface area contributed by atoms with Crippen molar-refractivity contribution >= 4 is 11.9 Å². The third kappa shape index (κ3) is 4.51. The first-order valence-electron chi connectivity index (χ1n) is 11.1. The first-order chi connectivity index (χ1) is 14.3. The van der Waals surface area contributed by atoms with Gasteiger partial charge in [0.2, 0.25) is 0 Å². The van der Waals surface area contributed by atoms with Gasteiger partial charge in [-0.3, -0.25) is 0 Å². The van der Waals surface area contributed by atoms with Crippen molar-refractivity contribution in [3.05, 3.63) is 34.9 Å². The van der Waals surface area contributed by atoms with Crippen LogP contribution in [0.3, 0.4) is 0 Å². The summed E-state index contributed by atoms with van der Waals surface area (Å²) in [5.74, 6) is -1.75. The van der Waals surface area contributed by atoms with Gasteiger partial charge in [0.05, 0.1) is 11.7 Å². The highest BCUT2D eigenvalue weighted by molar-refractivity contribution is 5.88. The van der Waals surface area contributed by atoms with Crippen LogP contribution in [-0.2, 0) is 19.1 Å². The van der Waals surface area contributed by atoms with Crippen LogP contribution < -0.4 is 0 Å². The highest BCUT2D eigenvalue weighted by Gasteiger charge is 2.67. The van der Waals surface area contributed by atoms with Gasteiger partial charge in [0, 0.05) is 35.3 Å². The number of ether oxygens (including phenoxy) is 2. The van der Waals surface area contributed by atoms with E-state index in [2.05, 4.69) is 0 Å². The third-order valence-corrected chi connectivity index (χ3v) is 7.39. The van der Waals surface area contributed by atoms with E-state index in [-0.39, 0.29) is 12.3 Å². The normalized spacial score (nSPS) is 36.5. The van der Waals surface area contributed by atoms with E-state index in [1.54, 1.807) is 39.8 Å². The van der Waals surface area contributed by atoms with Crippen LogP contribution in [-0.4, -0.2) is 46.1 Å². The molecule has 6 nitrogen and oxygen atoms in total. The number of hydrogen-bond donors (Lipinski definition) is 2. The highest BCUT2D eigenvalue weighted by atomic mass is 16.6. The molecule has 2 N–H and O–H groups in total. The quantitative estimate of drug-likeness (QED) is 0.388. The maximum atomic E-state index is 12.7. The van der Waals surface area contributed by atoms with Gasteiger partial charge in [-0.1, -0.05) is 38.5 Å². The minimum atomic E-state index is -1.29. The third-order valence-electron chi connectivity index (χ3n) is 7.39. The van der Waals surface area contributed by atoms with Crippen LogP contribution in [0, 0.1) is 17.3 Å². The van der Waals surface area contributed by atoms with E-state index < -0.39 is 47.2 Å². The van der Waals surface area contributed by atoms with Crippen molar-refractivity contribution in [2.45, 2.75) is 92.1 Å². The molecule has 0 amide bonds. The molecule has 2 aliphatic rings. The standard InChI is InChI=1S/C25H38O6/c1-9-16(6)22(27)30-18-11-15(5)12-20(31-23(28)17(7)10-2)24(8)19(26)13-25(29,14(3)4)21(18)24/h9-10,12,14,18-21,26,29H,11,13H2,1-8H3/b16-9-,17-10-/t18-,19+,20+,21+,24+,25+/m0/s1. The number of aliphatic hydroxyl groups excluding tert-OH is 1. The predicted octanol–water partition coefficient (Wildman–Crippen LogP) is 3.87. The maximum absolute atomic E-state index is 12.7. The fraction of sp³-hybridized carbons (Fsp3) is 0.680. The smallest absolute Gasteiger partial charge is 0.333 e. The molecular weight excluding hydrogens is 396 g/mol. The second-order valence-electron chi connectivity index (χ2n) is 9.64. The summed E-state index contributed by atoms with van der Waals surface area (Å²) in [6.07, 6.45) is 3.32. The maximum Gasteiger partial charge on any atom is 0.333 e. The molecule has 2 aliphatic carbocycles. The summed E-state index contributed by atoms with van der Waals surface area (Å²) in [5.41, 5.74) is -0.503. The Morgan fingerprint density at radius 2 is 1.65 bits per heavy atom. The van der Waals surface area contributed by atoms with E-state index in [0.717, 1.165) is 5.57 Å². The van der Waals surface area contributed by atoms with E-state index in [1.165, 1.54) is 0 Å². The van der Waals surface area contributed by atoms with E-state index in [4.69, 9.17) is 9.47 Å². The minimum absolute atomic E-state index is 0.117. The molecular formula is C25H38O6. The lowest BCUT2D eigenvalue weighted by molar-refractivity contribution is -0.177. The Hall–Kier alpha value is -1.92. The number of hydrogen-bond acceptors (Lipinski definition) is 6. The van der Waals surface area contributed by atoms with Crippen molar-refractivity contribution in [1.82, 2.24) is 0 Å². The molecule has 0 aromatic heterocycles. The van der Waals surface area contributed by atoms with Gasteiger partial charge in [0.25, 0.3) is 0 Å². The van der Waals surface area contributed by atoms with Crippen LogP contribution in [0.1, 0.15) is 68.2 Å². The summed E-state index contributed by atoms with van der Waals surface area (Å²) >= 11 is 0. The molecule has 0 aliphatic heterocycles.